The summed E-state index contributed by atoms with van der Waals surface area (Å²) in [5, 5.41) is 12.5. The molecule has 0 unspecified atom stereocenters. The predicted octanol–water partition coefficient (Wildman–Crippen LogP) is 1.09. The van der Waals surface area contributed by atoms with Gasteiger partial charge in [-0.15, -0.1) is 24.8 Å². The van der Waals surface area contributed by atoms with Crippen LogP contribution >= 0.6 is 24.8 Å². The van der Waals surface area contributed by atoms with Gasteiger partial charge < -0.3 is 11.1 Å². The highest BCUT2D eigenvalue weighted by Crippen LogP contribution is 1.99. The molecule has 96 valence electrons. The summed E-state index contributed by atoms with van der Waals surface area (Å²) in [5.74, 6) is 0.363. The molecule has 5 N–H and O–H groups in total. The van der Waals surface area contributed by atoms with Gasteiger partial charge in [0.1, 0.15) is 0 Å². The van der Waals surface area contributed by atoms with Crippen molar-refractivity contribution < 1.29 is 0 Å². The zero-order valence-electron chi connectivity index (χ0n) is 9.43. The van der Waals surface area contributed by atoms with Crippen LogP contribution in [0, 0.1) is 5.41 Å². The normalized spacial score (nSPS) is 9.59. The molecule has 5 nitrogen and oxygen atoms in total. The molecule has 0 amide bonds. The van der Waals surface area contributed by atoms with Crippen LogP contribution in [0.15, 0.2) is 35.3 Å². The summed E-state index contributed by atoms with van der Waals surface area (Å²) in [7, 11) is 1.72. The minimum atomic E-state index is -0.129. The molecule has 0 radical (unpaired) electrons. The minimum absolute atomic E-state index is 0. The second-order valence-electron chi connectivity index (χ2n) is 2.94. The molecule has 0 saturated carbocycles. The molecule has 0 heterocycles. The molecule has 1 rings (SSSR count). The van der Waals surface area contributed by atoms with Crippen LogP contribution in [0.4, 0.5) is 0 Å². The number of rotatable bonds is 2. The molecule has 0 aliphatic rings. The maximum absolute atomic E-state index is 7.06. The number of aliphatic imine (C=N–C) groups is 1. The maximum Gasteiger partial charge on any atom is 0.198 e. The molecule has 0 aliphatic carbocycles. The van der Waals surface area contributed by atoms with Crippen molar-refractivity contribution >= 4 is 36.7 Å². The van der Waals surface area contributed by atoms with Gasteiger partial charge in [-0.1, -0.05) is 30.3 Å². The summed E-state index contributed by atoms with van der Waals surface area (Å²) in [4.78, 5) is 4.23. The number of nitrogens with one attached hydrogen (secondary N) is 3. The van der Waals surface area contributed by atoms with Crippen LogP contribution in [0.3, 0.4) is 0 Å². The van der Waals surface area contributed by atoms with Crippen LogP contribution in [0.2, 0.25) is 0 Å². The smallest absolute Gasteiger partial charge is 0.198 e. The van der Waals surface area contributed by atoms with Gasteiger partial charge in [0, 0.05) is 7.05 Å². The van der Waals surface area contributed by atoms with Crippen LogP contribution in [0.5, 0.6) is 0 Å². The summed E-state index contributed by atoms with van der Waals surface area (Å²) >= 11 is 0. The van der Waals surface area contributed by atoms with E-state index in [-0.39, 0.29) is 30.8 Å². The minimum Gasteiger partial charge on any atom is -0.370 e. The summed E-state index contributed by atoms with van der Waals surface area (Å²) in [6, 6.07) is 9.86. The molecule has 0 spiro atoms. The van der Waals surface area contributed by atoms with Gasteiger partial charge in [0.2, 0.25) is 0 Å². The SMILES string of the molecule is CNC(=NCc1ccccc1)NC(=N)N.Cl.Cl. The lowest BCUT2D eigenvalue weighted by molar-refractivity contribution is 0.981. The highest BCUT2D eigenvalue weighted by Gasteiger charge is 1.95. The summed E-state index contributed by atoms with van der Waals surface area (Å²) in [6.45, 7) is 0.553. The number of hydrogen-bond acceptors (Lipinski definition) is 2. The number of halogens is 2. The first kappa shape index (κ1) is 17.9. The van der Waals surface area contributed by atoms with E-state index in [0.29, 0.717) is 12.5 Å². The fraction of sp³-hybridized carbons (Fsp3) is 0.200. The van der Waals surface area contributed by atoms with Crippen molar-refractivity contribution in [3.63, 3.8) is 0 Å². The molecule has 0 saturated heterocycles. The number of nitrogens with zero attached hydrogens (tertiary/aromatic N) is 1. The van der Waals surface area contributed by atoms with Crippen LogP contribution < -0.4 is 16.4 Å². The van der Waals surface area contributed by atoms with Crippen LogP contribution in [0.1, 0.15) is 5.56 Å². The van der Waals surface area contributed by atoms with Gasteiger partial charge in [-0.2, -0.15) is 0 Å². The second kappa shape index (κ2) is 9.74. The molecule has 1 aromatic rings. The van der Waals surface area contributed by atoms with Gasteiger partial charge >= 0.3 is 0 Å². The Kier molecular flexibility index (Phi) is 10.3. The van der Waals surface area contributed by atoms with Crippen molar-refractivity contribution in [1.82, 2.24) is 10.6 Å². The van der Waals surface area contributed by atoms with E-state index in [2.05, 4.69) is 15.6 Å². The zero-order valence-corrected chi connectivity index (χ0v) is 11.1. The third-order valence-electron chi connectivity index (χ3n) is 1.75. The summed E-state index contributed by atoms with van der Waals surface area (Å²) in [5.41, 5.74) is 6.30. The Bertz CT molecular complexity index is 353. The van der Waals surface area contributed by atoms with Crippen molar-refractivity contribution in [1.29, 1.82) is 5.41 Å². The monoisotopic (exact) mass is 277 g/mol. The topological polar surface area (TPSA) is 86.3 Å². The quantitative estimate of drug-likeness (QED) is 0.482. The molecule has 0 bridgehead atoms. The first-order valence-electron chi connectivity index (χ1n) is 4.59. The Morgan fingerprint density at radius 1 is 1.29 bits per heavy atom. The average Bonchev–Trinajstić information content (AvgIpc) is 2.25. The third kappa shape index (κ3) is 7.43. The van der Waals surface area contributed by atoms with E-state index in [9.17, 15) is 0 Å². The second-order valence-corrected chi connectivity index (χ2v) is 2.94. The first-order chi connectivity index (χ1) is 7.22. The van der Waals surface area contributed by atoms with E-state index in [1.165, 1.54) is 0 Å². The first-order valence-corrected chi connectivity index (χ1v) is 4.59. The van der Waals surface area contributed by atoms with Crippen LogP contribution in [-0.2, 0) is 6.54 Å². The van der Waals surface area contributed by atoms with Gasteiger partial charge in [-0.3, -0.25) is 10.7 Å². The van der Waals surface area contributed by atoms with Gasteiger partial charge in [0.05, 0.1) is 6.54 Å². The van der Waals surface area contributed by atoms with Gasteiger partial charge in [-0.25, -0.2) is 4.99 Å². The lowest BCUT2D eigenvalue weighted by Crippen LogP contribution is -2.42. The van der Waals surface area contributed by atoms with Crippen molar-refractivity contribution in [2.45, 2.75) is 6.54 Å². The van der Waals surface area contributed by atoms with E-state index in [1.54, 1.807) is 7.05 Å². The zero-order chi connectivity index (χ0) is 11.1. The van der Waals surface area contributed by atoms with Crippen molar-refractivity contribution in [2.75, 3.05) is 7.05 Å². The standard InChI is InChI=1S/C10H15N5.2ClH/c1-13-10(15-9(11)12)14-7-8-5-3-2-4-6-8;;/h2-6H,7H2,1H3,(H5,11,12,13,14,15);2*1H. The molecular weight excluding hydrogens is 261 g/mol. The summed E-state index contributed by atoms with van der Waals surface area (Å²) < 4.78 is 0. The average molecular weight is 278 g/mol. The highest BCUT2D eigenvalue weighted by atomic mass is 35.5. The Balaban J connectivity index is 0. The summed E-state index contributed by atoms with van der Waals surface area (Å²) in [6.07, 6.45) is 0. The molecule has 7 heteroatoms. The van der Waals surface area contributed by atoms with E-state index in [0.717, 1.165) is 5.56 Å². The van der Waals surface area contributed by atoms with E-state index in [4.69, 9.17) is 11.1 Å². The predicted molar refractivity (Wildman–Crippen MR) is 76.2 cm³/mol. The highest BCUT2D eigenvalue weighted by molar-refractivity contribution is 5.96. The number of hydrogen-bond donors (Lipinski definition) is 4. The van der Waals surface area contributed by atoms with Gasteiger partial charge in [-0.05, 0) is 5.56 Å². The largest absolute Gasteiger partial charge is 0.370 e. The van der Waals surface area contributed by atoms with E-state index < -0.39 is 0 Å². The van der Waals surface area contributed by atoms with E-state index >= 15 is 0 Å². The number of benzene rings is 1. The lowest BCUT2D eigenvalue weighted by Gasteiger charge is -2.06. The van der Waals surface area contributed by atoms with Crippen molar-refractivity contribution in [3.8, 4) is 0 Å². The van der Waals surface area contributed by atoms with Crippen LogP contribution in [0.25, 0.3) is 0 Å². The van der Waals surface area contributed by atoms with Crippen molar-refractivity contribution in [3.05, 3.63) is 35.9 Å². The Morgan fingerprint density at radius 3 is 2.35 bits per heavy atom. The Hall–Kier alpha value is -1.46. The fourth-order valence-electron chi connectivity index (χ4n) is 1.06. The molecule has 0 fully saturated rings. The fourth-order valence-corrected chi connectivity index (χ4v) is 1.06. The molecule has 0 atom stereocenters. The number of guanidine groups is 2. The molecule has 0 aromatic heterocycles. The third-order valence-corrected chi connectivity index (χ3v) is 1.75. The van der Waals surface area contributed by atoms with Gasteiger partial charge in [0.25, 0.3) is 0 Å². The Labute approximate surface area is 113 Å². The van der Waals surface area contributed by atoms with Gasteiger partial charge in [0.15, 0.2) is 11.9 Å². The lowest BCUT2D eigenvalue weighted by atomic mass is 10.2. The van der Waals surface area contributed by atoms with Crippen molar-refractivity contribution in [2.24, 2.45) is 10.7 Å². The molecular formula is C10H17Cl2N5. The maximum atomic E-state index is 7.06. The Morgan fingerprint density at radius 2 is 1.88 bits per heavy atom. The van der Waals surface area contributed by atoms with E-state index in [1.807, 2.05) is 30.3 Å². The molecule has 1 aromatic carbocycles. The number of nitrogens with two attached hydrogens (primary N) is 1. The molecule has 17 heavy (non-hydrogen) atoms. The molecule has 0 aliphatic heterocycles. The van der Waals surface area contributed by atoms with Crippen LogP contribution in [-0.4, -0.2) is 19.0 Å².